The van der Waals surface area contributed by atoms with Gasteiger partial charge in [-0.25, -0.2) is 0 Å². The SMILES string of the molecule is Cc1ccccc1-n1c(SC(C)C#N)nnc1-c1ccc(C(C)(C)C)cc1. The van der Waals surface area contributed by atoms with Crippen molar-refractivity contribution in [3.05, 3.63) is 59.7 Å². The van der Waals surface area contributed by atoms with Crippen molar-refractivity contribution in [1.82, 2.24) is 14.8 Å². The van der Waals surface area contributed by atoms with Gasteiger partial charge in [0.1, 0.15) is 0 Å². The number of nitriles is 1. The number of aromatic nitrogens is 3. The Morgan fingerprint density at radius 1 is 1.04 bits per heavy atom. The smallest absolute Gasteiger partial charge is 0.197 e. The van der Waals surface area contributed by atoms with Gasteiger partial charge < -0.3 is 0 Å². The van der Waals surface area contributed by atoms with Crippen LogP contribution >= 0.6 is 11.8 Å². The van der Waals surface area contributed by atoms with E-state index in [1.165, 1.54) is 17.3 Å². The van der Waals surface area contributed by atoms with Gasteiger partial charge in [0.2, 0.25) is 0 Å². The third kappa shape index (κ3) is 4.06. The van der Waals surface area contributed by atoms with Crippen molar-refractivity contribution >= 4 is 11.8 Å². The van der Waals surface area contributed by atoms with Gasteiger partial charge in [-0.3, -0.25) is 4.57 Å². The molecule has 4 nitrogen and oxygen atoms in total. The highest BCUT2D eigenvalue weighted by atomic mass is 32.2. The van der Waals surface area contributed by atoms with E-state index in [0.29, 0.717) is 0 Å². The molecule has 1 aromatic heterocycles. The maximum atomic E-state index is 9.21. The lowest BCUT2D eigenvalue weighted by molar-refractivity contribution is 0.590. The van der Waals surface area contributed by atoms with Gasteiger partial charge in [0, 0.05) is 5.56 Å². The molecule has 0 amide bonds. The largest absolute Gasteiger partial charge is 0.270 e. The quantitative estimate of drug-likeness (QED) is 0.561. The third-order valence-electron chi connectivity index (χ3n) is 4.46. The standard InChI is InChI=1S/C22H24N4S/c1-15-8-6-7-9-19(15)26-20(24-25-21(26)27-16(2)14-23)17-10-12-18(13-11-17)22(3,4)5/h6-13,16H,1-5H3. The first-order valence-electron chi connectivity index (χ1n) is 9.00. The van der Waals surface area contributed by atoms with Crippen molar-refractivity contribution in [3.63, 3.8) is 0 Å². The summed E-state index contributed by atoms with van der Waals surface area (Å²) in [6.07, 6.45) is 0. The number of benzene rings is 2. The number of aryl methyl sites for hydroxylation is 1. The molecule has 0 N–H and O–H groups in total. The lowest BCUT2D eigenvalue weighted by atomic mass is 9.87. The lowest BCUT2D eigenvalue weighted by Crippen LogP contribution is -2.10. The fourth-order valence-corrected chi connectivity index (χ4v) is 3.62. The van der Waals surface area contributed by atoms with Crippen LogP contribution in [0.5, 0.6) is 0 Å². The van der Waals surface area contributed by atoms with Gasteiger partial charge in [-0.2, -0.15) is 5.26 Å². The normalized spacial score (nSPS) is 12.6. The zero-order valence-corrected chi connectivity index (χ0v) is 17.2. The van der Waals surface area contributed by atoms with E-state index in [2.05, 4.69) is 84.9 Å². The Labute approximate surface area is 165 Å². The second-order valence-electron chi connectivity index (χ2n) is 7.64. The summed E-state index contributed by atoms with van der Waals surface area (Å²) in [7, 11) is 0. The Bertz CT molecular complexity index is 975. The van der Waals surface area contributed by atoms with Gasteiger partial charge in [-0.15, -0.1) is 10.2 Å². The molecule has 3 rings (SSSR count). The highest BCUT2D eigenvalue weighted by Gasteiger charge is 2.20. The van der Waals surface area contributed by atoms with Gasteiger partial charge in [-0.05, 0) is 36.5 Å². The highest BCUT2D eigenvalue weighted by Crippen LogP contribution is 2.32. The molecule has 138 valence electrons. The minimum Gasteiger partial charge on any atom is -0.270 e. The summed E-state index contributed by atoms with van der Waals surface area (Å²) >= 11 is 1.42. The summed E-state index contributed by atoms with van der Waals surface area (Å²) in [6.45, 7) is 10.6. The zero-order valence-electron chi connectivity index (χ0n) is 16.4. The van der Waals surface area contributed by atoms with Crippen LogP contribution in [0.3, 0.4) is 0 Å². The predicted octanol–water partition coefficient (Wildman–Crippen LogP) is 5.54. The highest BCUT2D eigenvalue weighted by molar-refractivity contribution is 8.00. The van der Waals surface area contributed by atoms with Crippen molar-refractivity contribution in [2.24, 2.45) is 0 Å². The van der Waals surface area contributed by atoms with Gasteiger partial charge in [0.15, 0.2) is 11.0 Å². The average molecular weight is 377 g/mol. The maximum absolute atomic E-state index is 9.21. The van der Waals surface area contributed by atoms with Crippen LogP contribution in [0.15, 0.2) is 53.7 Å². The van der Waals surface area contributed by atoms with E-state index in [4.69, 9.17) is 0 Å². The fourth-order valence-electron chi connectivity index (χ4n) is 2.87. The van der Waals surface area contributed by atoms with Crippen LogP contribution in [0.1, 0.15) is 38.8 Å². The van der Waals surface area contributed by atoms with Crippen LogP contribution in [-0.4, -0.2) is 20.0 Å². The van der Waals surface area contributed by atoms with Crippen molar-refractivity contribution in [2.75, 3.05) is 0 Å². The second-order valence-corrected chi connectivity index (χ2v) is 8.95. The maximum Gasteiger partial charge on any atom is 0.197 e. The van der Waals surface area contributed by atoms with Crippen LogP contribution in [0.4, 0.5) is 0 Å². The van der Waals surface area contributed by atoms with Crippen LogP contribution in [-0.2, 0) is 5.41 Å². The van der Waals surface area contributed by atoms with Crippen molar-refractivity contribution < 1.29 is 0 Å². The van der Waals surface area contributed by atoms with E-state index in [1.807, 2.05) is 19.1 Å². The number of nitrogens with zero attached hydrogens (tertiary/aromatic N) is 4. The fraction of sp³-hybridized carbons (Fsp3) is 0.318. The molecule has 3 aromatic rings. The van der Waals surface area contributed by atoms with E-state index >= 15 is 0 Å². The van der Waals surface area contributed by atoms with Crippen LogP contribution in [0.25, 0.3) is 17.1 Å². The van der Waals surface area contributed by atoms with E-state index in [1.54, 1.807) is 0 Å². The lowest BCUT2D eigenvalue weighted by Gasteiger charge is -2.19. The van der Waals surface area contributed by atoms with E-state index < -0.39 is 0 Å². The average Bonchev–Trinajstić information content (AvgIpc) is 3.04. The molecule has 1 atom stereocenters. The van der Waals surface area contributed by atoms with Gasteiger partial charge in [0.25, 0.3) is 0 Å². The number of rotatable bonds is 4. The molecule has 5 heteroatoms. The summed E-state index contributed by atoms with van der Waals surface area (Å²) < 4.78 is 2.06. The van der Waals surface area contributed by atoms with Crippen molar-refractivity contribution in [2.45, 2.75) is 50.4 Å². The molecular formula is C22H24N4S. The van der Waals surface area contributed by atoms with Crippen LogP contribution in [0, 0.1) is 18.3 Å². The summed E-state index contributed by atoms with van der Waals surface area (Å²) in [5.74, 6) is 0.789. The minimum atomic E-state index is -0.201. The second kappa shape index (κ2) is 7.58. The molecule has 0 fully saturated rings. The van der Waals surface area contributed by atoms with Crippen LogP contribution in [0.2, 0.25) is 0 Å². The van der Waals surface area contributed by atoms with E-state index in [9.17, 15) is 5.26 Å². The first-order chi connectivity index (χ1) is 12.8. The molecule has 0 saturated heterocycles. The topological polar surface area (TPSA) is 54.5 Å². The molecule has 1 unspecified atom stereocenters. The minimum absolute atomic E-state index is 0.103. The summed E-state index contributed by atoms with van der Waals surface area (Å²) in [4.78, 5) is 0. The molecule has 27 heavy (non-hydrogen) atoms. The predicted molar refractivity (Wildman–Crippen MR) is 111 cm³/mol. The number of hydrogen-bond acceptors (Lipinski definition) is 4. The Kier molecular flexibility index (Phi) is 5.38. The molecule has 2 aromatic carbocycles. The van der Waals surface area contributed by atoms with Gasteiger partial charge in [0.05, 0.1) is 17.0 Å². The Hall–Kier alpha value is -2.58. The molecule has 0 radical (unpaired) electrons. The zero-order chi connectivity index (χ0) is 19.6. The Balaban J connectivity index is 2.14. The first-order valence-corrected chi connectivity index (χ1v) is 9.88. The molecule has 0 spiro atoms. The molecule has 0 aliphatic rings. The molecule has 0 aliphatic carbocycles. The van der Waals surface area contributed by atoms with Crippen molar-refractivity contribution in [1.29, 1.82) is 5.26 Å². The molecule has 0 bridgehead atoms. The molecular weight excluding hydrogens is 352 g/mol. The first kappa shape index (κ1) is 19.2. The number of thioether (sulfide) groups is 1. The van der Waals surface area contributed by atoms with Crippen LogP contribution < -0.4 is 0 Å². The molecule has 1 heterocycles. The van der Waals surface area contributed by atoms with Gasteiger partial charge >= 0.3 is 0 Å². The molecule has 0 saturated carbocycles. The monoisotopic (exact) mass is 376 g/mol. The Morgan fingerprint density at radius 2 is 1.70 bits per heavy atom. The molecule has 0 aliphatic heterocycles. The number of hydrogen-bond donors (Lipinski definition) is 0. The van der Waals surface area contributed by atoms with Crippen molar-refractivity contribution in [3.8, 4) is 23.1 Å². The Morgan fingerprint density at radius 3 is 2.30 bits per heavy atom. The van der Waals surface area contributed by atoms with Gasteiger partial charge in [-0.1, -0.05) is 75.0 Å². The summed E-state index contributed by atoms with van der Waals surface area (Å²) in [5, 5.41) is 18.6. The summed E-state index contributed by atoms with van der Waals surface area (Å²) in [6, 6.07) is 18.9. The third-order valence-corrected chi connectivity index (χ3v) is 5.40. The summed E-state index contributed by atoms with van der Waals surface area (Å²) in [5.41, 5.74) is 4.56. The number of para-hydroxylation sites is 1. The van der Waals surface area contributed by atoms with E-state index in [-0.39, 0.29) is 10.7 Å². The van der Waals surface area contributed by atoms with E-state index in [0.717, 1.165) is 27.8 Å².